The predicted molar refractivity (Wildman–Crippen MR) is 98.9 cm³/mol. The lowest BCUT2D eigenvalue weighted by Crippen LogP contribution is -2.33. The first-order valence-electron chi connectivity index (χ1n) is 9.73. The molecule has 0 unspecified atom stereocenters. The maximum atomic E-state index is 12.4. The first kappa shape index (κ1) is 19.2. The molecule has 1 aromatic rings. The van der Waals surface area contributed by atoms with Crippen molar-refractivity contribution in [3.05, 3.63) is 18.2 Å². The van der Waals surface area contributed by atoms with Crippen LogP contribution in [-0.2, 0) is 23.9 Å². The smallest absolute Gasteiger partial charge is 0.308 e. The molecule has 2 heterocycles. The van der Waals surface area contributed by atoms with Gasteiger partial charge in [0.25, 0.3) is 5.91 Å². The molecule has 0 radical (unpaired) electrons. The second-order valence-electron chi connectivity index (χ2n) is 7.35. The SMILES string of the molecule is O=C(COC(=O)CCN1C(=O)[C@H]2CCCC[C@H]2C1=O)Nc1ccc2c(c1)OCO2. The molecule has 29 heavy (non-hydrogen) atoms. The highest BCUT2D eigenvalue weighted by molar-refractivity contribution is 6.05. The molecule has 2 fully saturated rings. The van der Waals surface area contributed by atoms with Crippen molar-refractivity contribution in [2.45, 2.75) is 32.1 Å². The van der Waals surface area contributed by atoms with Crippen LogP contribution in [-0.4, -0.2) is 48.5 Å². The number of hydrogen-bond donors (Lipinski definition) is 1. The van der Waals surface area contributed by atoms with Gasteiger partial charge in [0, 0.05) is 18.3 Å². The number of fused-ring (bicyclic) bond motifs is 2. The number of carbonyl (C=O) groups excluding carboxylic acids is 4. The monoisotopic (exact) mass is 402 g/mol. The van der Waals surface area contributed by atoms with E-state index >= 15 is 0 Å². The van der Waals surface area contributed by atoms with Crippen LogP contribution in [0, 0.1) is 11.8 Å². The van der Waals surface area contributed by atoms with Crippen molar-refractivity contribution in [3.8, 4) is 11.5 Å². The van der Waals surface area contributed by atoms with E-state index in [1.54, 1.807) is 18.2 Å². The maximum absolute atomic E-state index is 12.4. The van der Waals surface area contributed by atoms with Gasteiger partial charge in [0.05, 0.1) is 18.3 Å². The fraction of sp³-hybridized carbons (Fsp3) is 0.500. The van der Waals surface area contributed by atoms with Gasteiger partial charge in [-0.15, -0.1) is 0 Å². The molecule has 4 rings (SSSR count). The molecule has 0 spiro atoms. The van der Waals surface area contributed by atoms with E-state index in [1.807, 2.05) is 0 Å². The van der Waals surface area contributed by atoms with Gasteiger partial charge in [0.1, 0.15) is 0 Å². The fourth-order valence-corrected chi connectivity index (χ4v) is 4.04. The lowest BCUT2D eigenvalue weighted by molar-refractivity contribution is -0.148. The highest BCUT2D eigenvalue weighted by Crippen LogP contribution is 2.38. The van der Waals surface area contributed by atoms with Gasteiger partial charge in [0.2, 0.25) is 18.6 Å². The molecule has 3 amide bonds. The summed E-state index contributed by atoms with van der Waals surface area (Å²) in [4.78, 5) is 49.9. The lowest BCUT2D eigenvalue weighted by atomic mass is 9.81. The van der Waals surface area contributed by atoms with Gasteiger partial charge in [-0.1, -0.05) is 12.8 Å². The van der Waals surface area contributed by atoms with E-state index in [4.69, 9.17) is 14.2 Å². The third kappa shape index (κ3) is 4.03. The summed E-state index contributed by atoms with van der Waals surface area (Å²) < 4.78 is 15.4. The number of rotatable bonds is 6. The first-order valence-corrected chi connectivity index (χ1v) is 9.73. The zero-order chi connectivity index (χ0) is 20.4. The van der Waals surface area contributed by atoms with E-state index in [0.717, 1.165) is 25.7 Å². The highest BCUT2D eigenvalue weighted by atomic mass is 16.7. The van der Waals surface area contributed by atoms with E-state index in [9.17, 15) is 19.2 Å². The topological polar surface area (TPSA) is 111 Å². The predicted octanol–water partition coefficient (Wildman–Crippen LogP) is 1.46. The van der Waals surface area contributed by atoms with E-state index in [2.05, 4.69) is 5.32 Å². The quantitative estimate of drug-likeness (QED) is 0.566. The minimum absolute atomic E-state index is 0.00667. The Labute approximate surface area is 167 Å². The lowest BCUT2D eigenvalue weighted by Gasteiger charge is -2.19. The Balaban J connectivity index is 1.21. The molecule has 1 aliphatic carbocycles. The summed E-state index contributed by atoms with van der Waals surface area (Å²) in [6, 6.07) is 4.94. The van der Waals surface area contributed by atoms with Crippen molar-refractivity contribution in [1.29, 1.82) is 0 Å². The molecule has 154 valence electrons. The standard InChI is InChI=1S/C20H22N2O7/c23-17(21-12-5-6-15-16(9-12)29-11-28-15)10-27-18(24)7-8-22-19(25)13-3-1-2-4-14(13)20(22)26/h5-6,9,13-14H,1-4,7-8,10-11H2,(H,21,23)/t13-,14+. The zero-order valence-corrected chi connectivity index (χ0v) is 15.8. The number of nitrogens with one attached hydrogen (secondary N) is 1. The number of ether oxygens (including phenoxy) is 3. The number of likely N-dealkylation sites (tertiary alicyclic amines) is 1. The number of anilines is 1. The molecule has 1 saturated heterocycles. The molecule has 2 aliphatic heterocycles. The fourth-order valence-electron chi connectivity index (χ4n) is 4.04. The van der Waals surface area contributed by atoms with E-state index in [0.29, 0.717) is 17.2 Å². The van der Waals surface area contributed by atoms with E-state index in [-0.39, 0.29) is 43.4 Å². The number of benzene rings is 1. The molecule has 3 aliphatic rings. The van der Waals surface area contributed by atoms with Crippen molar-refractivity contribution < 1.29 is 33.4 Å². The van der Waals surface area contributed by atoms with Crippen molar-refractivity contribution in [1.82, 2.24) is 4.90 Å². The van der Waals surface area contributed by atoms with Crippen LogP contribution >= 0.6 is 0 Å². The summed E-state index contributed by atoms with van der Waals surface area (Å²) in [5.74, 6) is -0.862. The largest absolute Gasteiger partial charge is 0.456 e. The van der Waals surface area contributed by atoms with Crippen LogP contribution in [0.25, 0.3) is 0 Å². The third-order valence-corrected chi connectivity index (χ3v) is 5.49. The summed E-state index contributed by atoms with van der Waals surface area (Å²) in [6.45, 7) is -0.332. The molecule has 2 atom stereocenters. The van der Waals surface area contributed by atoms with Crippen LogP contribution in [0.3, 0.4) is 0 Å². The van der Waals surface area contributed by atoms with Crippen molar-refractivity contribution in [2.24, 2.45) is 11.8 Å². The molecule has 1 N–H and O–H groups in total. The number of nitrogens with zero attached hydrogens (tertiary/aromatic N) is 1. The number of amides is 3. The number of imide groups is 1. The van der Waals surface area contributed by atoms with Gasteiger partial charge >= 0.3 is 5.97 Å². The van der Waals surface area contributed by atoms with Crippen LogP contribution < -0.4 is 14.8 Å². The normalized spacial score (nSPS) is 22.4. The van der Waals surface area contributed by atoms with E-state index in [1.165, 1.54) is 4.90 Å². The van der Waals surface area contributed by atoms with Crippen LogP contribution in [0.15, 0.2) is 18.2 Å². The molecule has 9 nitrogen and oxygen atoms in total. The second-order valence-corrected chi connectivity index (χ2v) is 7.35. The Bertz CT molecular complexity index is 829. The molecule has 0 aromatic heterocycles. The molecule has 0 bridgehead atoms. The Hall–Kier alpha value is -3.10. The highest BCUT2D eigenvalue weighted by Gasteiger charge is 2.47. The van der Waals surface area contributed by atoms with Crippen LogP contribution in [0.5, 0.6) is 11.5 Å². The van der Waals surface area contributed by atoms with Gasteiger partial charge in [-0.2, -0.15) is 0 Å². The summed E-state index contributed by atoms with van der Waals surface area (Å²) in [5, 5.41) is 2.60. The third-order valence-electron chi connectivity index (χ3n) is 5.49. The summed E-state index contributed by atoms with van der Waals surface area (Å²) in [7, 11) is 0. The first-order chi connectivity index (χ1) is 14.0. The van der Waals surface area contributed by atoms with Crippen molar-refractivity contribution >= 4 is 29.4 Å². The van der Waals surface area contributed by atoms with Gasteiger partial charge in [0.15, 0.2) is 18.1 Å². The van der Waals surface area contributed by atoms with Crippen LogP contribution in [0.2, 0.25) is 0 Å². The Morgan fingerprint density at radius 1 is 1.07 bits per heavy atom. The van der Waals surface area contributed by atoms with Crippen molar-refractivity contribution in [3.63, 3.8) is 0 Å². The van der Waals surface area contributed by atoms with Gasteiger partial charge < -0.3 is 19.5 Å². The number of esters is 1. The maximum Gasteiger partial charge on any atom is 0.308 e. The van der Waals surface area contributed by atoms with Crippen LogP contribution in [0.4, 0.5) is 5.69 Å². The molecular weight excluding hydrogens is 380 g/mol. The Morgan fingerprint density at radius 2 is 1.76 bits per heavy atom. The number of hydrogen-bond acceptors (Lipinski definition) is 7. The number of carbonyl (C=O) groups is 4. The molecular formula is C20H22N2O7. The molecule has 9 heteroatoms. The average molecular weight is 402 g/mol. The van der Waals surface area contributed by atoms with Crippen molar-refractivity contribution in [2.75, 3.05) is 25.3 Å². The minimum Gasteiger partial charge on any atom is -0.456 e. The Kier molecular flexibility index (Phi) is 5.37. The Morgan fingerprint density at radius 3 is 2.48 bits per heavy atom. The average Bonchev–Trinajstić information content (AvgIpc) is 3.28. The molecule has 1 saturated carbocycles. The summed E-state index contributed by atoms with van der Waals surface area (Å²) >= 11 is 0. The molecule has 1 aromatic carbocycles. The summed E-state index contributed by atoms with van der Waals surface area (Å²) in [6.07, 6.45) is 3.24. The minimum atomic E-state index is -0.638. The van der Waals surface area contributed by atoms with Gasteiger partial charge in [-0.3, -0.25) is 24.1 Å². The van der Waals surface area contributed by atoms with Crippen LogP contribution in [0.1, 0.15) is 32.1 Å². The second kappa shape index (κ2) is 8.10. The summed E-state index contributed by atoms with van der Waals surface area (Å²) in [5.41, 5.74) is 0.492. The van der Waals surface area contributed by atoms with Gasteiger partial charge in [-0.05, 0) is 25.0 Å². The zero-order valence-electron chi connectivity index (χ0n) is 15.8. The van der Waals surface area contributed by atoms with E-state index < -0.39 is 18.5 Å². The van der Waals surface area contributed by atoms with Gasteiger partial charge in [-0.25, -0.2) is 0 Å².